The molecule has 0 saturated heterocycles. The first kappa shape index (κ1) is 13.1. The van der Waals surface area contributed by atoms with Crippen LogP contribution in [0.5, 0.6) is 0 Å². The number of fused-ring (bicyclic) bond motifs is 1. The lowest BCUT2D eigenvalue weighted by Crippen LogP contribution is -1.92. The number of rotatable bonds is 3. The molecule has 1 aromatic carbocycles. The quantitative estimate of drug-likeness (QED) is 0.736. The lowest BCUT2D eigenvalue weighted by molar-refractivity contribution is 0.0697. The Morgan fingerprint density at radius 3 is 2.14 bits per heavy atom. The fourth-order valence-corrected chi connectivity index (χ4v) is 2.48. The minimum atomic E-state index is -0.985. The highest BCUT2D eigenvalue weighted by molar-refractivity contribution is 5.99. The van der Waals surface area contributed by atoms with Gasteiger partial charge < -0.3 is 5.11 Å². The Kier molecular flexibility index (Phi) is 3.24. The Labute approximate surface area is 121 Å². The van der Waals surface area contributed by atoms with Crippen molar-refractivity contribution in [3.05, 3.63) is 71.8 Å². The van der Waals surface area contributed by atoms with Gasteiger partial charge in [-0.15, -0.1) is 0 Å². The van der Waals surface area contributed by atoms with Crippen LogP contribution in [0.4, 0.5) is 0 Å². The molecule has 0 saturated carbocycles. The summed E-state index contributed by atoms with van der Waals surface area (Å²) in [6.45, 7) is 0. The molecule has 0 radical (unpaired) electrons. The number of aldehydes is 1. The van der Waals surface area contributed by atoms with Gasteiger partial charge in [0.1, 0.15) is 0 Å². The number of hydrogen-bond donors (Lipinski definition) is 1. The molecule has 0 fully saturated rings. The van der Waals surface area contributed by atoms with Crippen LogP contribution < -0.4 is 0 Å². The molecule has 0 atom stereocenters. The number of benzene rings is 1. The molecule has 0 bridgehead atoms. The van der Waals surface area contributed by atoms with Crippen molar-refractivity contribution >= 4 is 12.3 Å². The molecular formula is C18H12O3. The van der Waals surface area contributed by atoms with Crippen LogP contribution in [-0.4, -0.2) is 17.4 Å². The minimum absolute atomic E-state index is 0.196. The fraction of sp³-hybridized carbons (Fsp3) is 0. The molecule has 0 heterocycles. The van der Waals surface area contributed by atoms with Crippen molar-refractivity contribution in [3.63, 3.8) is 0 Å². The number of carbonyl (C=O) groups is 2. The third-order valence-electron chi connectivity index (χ3n) is 3.51. The molecule has 0 spiro atoms. The van der Waals surface area contributed by atoms with Crippen molar-refractivity contribution in [2.24, 2.45) is 0 Å². The lowest BCUT2D eigenvalue weighted by atomic mass is 10.0. The van der Waals surface area contributed by atoms with E-state index in [1.54, 1.807) is 18.2 Å². The molecule has 3 rings (SSSR count). The van der Waals surface area contributed by atoms with Gasteiger partial charge >= 0.3 is 5.97 Å². The van der Waals surface area contributed by atoms with Crippen molar-refractivity contribution in [1.29, 1.82) is 0 Å². The highest BCUT2D eigenvalue weighted by Crippen LogP contribution is 2.37. The summed E-state index contributed by atoms with van der Waals surface area (Å²) in [6, 6.07) is 18.1. The average molecular weight is 276 g/mol. The van der Waals surface area contributed by atoms with E-state index in [2.05, 4.69) is 0 Å². The van der Waals surface area contributed by atoms with Crippen LogP contribution in [0.25, 0.3) is 22.3 Å². The predicted octanol–water partition coefficient (Wildman–Crippen LogP) is 3.97. The van der Waals surface area contributed by atoms with E-state index in [-0.39, 0.29) is 5.56 Å². The number of carboxylic acids is 1. The summed E-state index contributed by atoms with van der Waals surface area (Å²) < 4.78 is 0. The second-order valence-corrected chi connectivity index (χ2v) is 4.75. The zero-order chi connectivity index (χ0) is 14.8. The lowest BCUT2D eigenvalue weighted by Gasteiger charge is -2.01. The minimum Gasteiger partial charge on any atom is -0.478 e. The molecule has 0 aromatic heterocycles. The molecule has 3 heteroatoms. The van der Waals surface area contributed by atoms with E-state index in [1.165, 1.54) is 6.07 Å². The summed E-state index contributed by atoms with van der Waals surface area (Å²) in [7, 11) is 0. The first-order valence-electron chi connectivity index (χ1n) is 6.51. The summed E-state index contributed by atoms with van der Waals surface area (Å²) in [5, 5.41) is 9.08. The molecule has 0 amide bonds. The SMILES string of the molecule is O=Cc1cc(-c2ccccc2)c2ccc(C(=O)O)ccc1-2. The highest BCUT2D eigenvalue weighted by Gasteiger charge is 2.16. The van der Waals surface area contributed by atoms with E-state index in [0.29, 0.717) is 5.56 Å². The molecular weight excluding hydrogens is 264 g/mol. The summed E-state index contributed by atoms with van der Waals surface area (Å²) >= 11 is 0. The van der Waals surface area contributed by atoms with Crippen molar-refractivity contribution < 1.29 is 14.7 Å². The van der Waals surface area contributed by atoms with Gasteiger partial charge in [0.05, 0.1) is 5.56 Å². The van der Waals surface area contributed by atoms with Gasteiger partial charge in [-0.2, -0.15) is 0 Å². The molecule has 0 aliphatic heterocycles. The zero-order valence-corrected chi connectivity index (χ0v) is 11.1. The standard InChI is InChI=1S/C18H12O3/c19-11-14-10-17(12-4-2-1-3-5-12)16-9-7-13(18(20)21)6-8-15(14)16/h1-11H,(H,20,21). The van der Waals surface area contributed by atoms with E-state index >= 15 is 0 Å². The Morgan fingerprint density at radius 2 is 1.52 bits per heavy atom. The van der Waals surface area contributed by atoms with Crippen LogP contribution in [0.3, 0.4) is 0 Å². The van der Waals surface area contributed by atoms with Crippen LogP contribution in [0.15, 0.2) is 60.7 Å². The van der Waals surface area contributed by atoms with Gasteiger partial charge in [0.15, 0.2) is 6.29 Å². The monoisotopic (exact) mass is 276 g/mol. The van der Waals surface area contributed by atoms with Crippen LogP contribution in [0, 0.1) is 0 Å². The van der Waals surface area contributed by atoms with Gasteiger partial charge in [0.2, 0.25) is 0 Å². The maximum absolute atomic E-state index is 11.3. The van der Waals surface area contributed by atoms with E-state index in [4.69, 9.17) is 5.11 Å². The van der Waals surface area contributed by atoms with Crippen molar-refractivity contribution in [2.75, 3.05) is 0 Å². The van der Waals surface area contributed by atoms with Crippen LogP contribution in [-0.2, 0) is 0 Å². The van der Waals surface area contributed by atoms with Gasteiger partial charge in [-0.25, -0.2) is 4.79 Å². The van der Waals surface area contributed by atoms with Crippen molar-refractivity contribution in [1.82, 2.24) is 0 Å². The van der Waals surface area contributed by atoms with Crippen molar-refractivity contribution in [3.8, 4) is 22.3 Å². The van der Waals surface area contributed by atoms with E-state index in [0.717, 1.165) is 28.5 Å². The first-order chi connectivity index (χ1) is 10.2. The first-order valence-corrected chi connectivity index (χ1v) is 6.51. The molecule has 21 heavy (non-hydrogen) atoms. The summed E-state index contributed by atoms with van der Waals surface area (Å²) in [5.74, 6) is -0.985. The van der Waals surface area contributed by atoms with Gasteiger partial charge in [0.25, 0.3) is 0 Å². The maximum atomic E-state index is 11.3. The molecule has 3 nitrogen and oxygen atoms in total. The van der Waals surface area contributed by atoms with Gasteiger partial charge in [0, 0.05) is 5.56 Å². The van der Waals surface area contributed by atoms with Gasteiger partial charge in [-0.05, 0) is 40.5 Å². The Hall–Kier alpha value is -2.94. The van der Waals surface area contributed by atoms with Crippen LogP contribution in [0.2, 0.25) is 0 Å². The zero-order valence-electron chi connectivity index (χ0n) is 11.1. The topological polar surface area (TPSA) is 54.4 Å². The number of carbonyl (C=O) groups excluding carboxylic acids is 1. The van der Waals surface area contributed by atoms with E-state index in [1.807, 2.05) is 36.4 Å². The third-order valence-corrected chi connectivity index (χ3v) is 3.51. The molecule has 2 aliphatic carbocycles. The summed E-state index contributed by atoms with van der Waals surface area (Å²) in [5.41, 5.74) is 4.32. The second-order valence-electron chi connectivity index (χ2n) is 4.75. The summed E-state index contributed by atoms with van der Waals surface area (Å²) in [4.78, 5) is 22.4. The van der Waals surface area contributed by atoms with Gasteiger partial charge in [-0.3, -0.25) is 4.79 Å². The predicted molar refractivity (Wildman–Crippen MR) is 80.8 cm³/mol. The van der Waals surface area contributed by atoms with E-state index in [9.17, 15) is 9.59 Å². The summed E-state index contributed by atoms with van der Waals surface area (Å²) in [6.07, 6.45) is 0.801. The molecule has 102 valence electrons. The fourth-order valence-electron chi connectivity index (χ4n) is 2.48. The molecule has 1 aromatic rings. The number of hydrogen-bond acceptors (Lipinski definition) is 2. The number of carboxylic acid groups (broad SMARTS) is 1. The van der Waals surface area contributed by atoms with E-state index < -0.39 is 5.97 Å². The van der Waals surface area contributed by atoms with Crippen LogP contribution in [0.1, 0.15) is 20.7 Å². The Balaban J connectivity index is 2.28. The average Bonchev–Trinajstić information content (AvgIpc) is 2.70. The largest absolute Gasteiger partial charge is 0.478 e. The van der Waals surface area contributed by atoms with Gasteiger partial charge in [-0.1, -0.05) is 42.5 Å². The Morgan fingerprint density at radius 1 is 0.857 bits per heavy atom. The molecule has 1 N–H and O–H groups in total. The third kappa shape index (κ3) is 2.30. The normalized spacial score (nSPS) is 10.5. The molecule has 0 unspecified atom stereocenters. The number of aromatic carboxylic acids is 1. The van der Waals surface area contributed by atoms with Crippen LogP contribution >= 0.6 is 0 Å². The molecule has 2 aliphatic rings. The maximum Gasteiger partial charge on any atom is 0.335 e. The second kappa shape index (κ2) is 5.21. The Bertz CT molecular complexity index is 791. The van der Waals surface area contributed by atoms with Crippen molar-refractivity contribution in [2.45, 2.75) is 0 Å². The smallest absolute Gasteiger partial charge is 0.335 e. The highest BCUT2D eigenvalue weighted by atomic mass is 16.4.